The number of hydrogen-bond donors (Lipinski definition) is 1. The minimum Gasteiger partial charge on any atom is -0.337 e. The lowest BCUT2D eigenvalue weighted by molar-refractivity contribution is 0.144. The Morgan fingerprint density at radius 2 is 2.23 bits per heavy atom. The number of piperazine rings is 1. The quantitative estimate of drug-likeness (QED) is 0.941. The van der Waals surface area contributed by atoms with E-state index in [9.17, 15) is 4.39 Å². The monoisotopic (exact) mass is 324 g/mol. The van der Waals surface area contributed by atoms with Crippen LogP contribution in [0.1, 0.15) is 23.0 Å². The lowest BCUT2D eigenvalue weighted by Crippen LogP contribution is -2.46. The largest absolute Gasteiger partial charge is 0.337 e. The molecule has 0 spiro atoms. The van der Waals surface area contributed by atoms with E-state index in [2.05, 4.69) is 19.8 Å². The molecule has 1 N–H and O–H groups in total. The van der Waals surface area contributed by atoms with E-state index in [1.807, 2.05) is 31.6 Å². The summed E-state index contributed by atoms with van der Waals surface area (Å²) in [5.74, 6) is 0.922. The third-order valence-electron chi connectivity index (χ3n) is 4.13. The highest BCUT2D eigenvalue weighted by Crippen LogP contribution is 2.23. The van der Waals surface area contributed by atoms with Gasteiger partial charge in [-0.25, -0.2) is 9.37 Å². The average molecular weight is 325 g/mol. The second-order valence-electron chi connectivity index (χ2n) is 5.67. The van der Waals surface area contributed by atoms with Gasteiger partial charge in [-0.2, -0.15) is 0 Å². The van der Waals surface area contributed by atoms with E-state index in [0.29, 0.717) is 5.56 Å². The highest BCUT2D eigenvalue weighted by Gasteiger charge is 2.26. The maximum Gasteiger partial charge on any atom is 0.127 e. The number of imidazole rings is 1. The SMILES string of the molecule is Cc1ccc(CN2CCNCC2c2nccn2C)cc1F.Cl. The van der Waals surface area contributed by atoms with E-state index in [1.54, 1.807) is 13.0 Å². The van der Waals surface area contributed by atoms with Gasteiger partial charge < -0.3 is 9.88 Å². The summed E-state index contributed by atoms with van der Waals surface area (Å²) in [4.78, 5) is 6.83. The van der Waals surface area contributed by atoms with Crippen molar-refractivity contribution in [2.75, 3.05) is 19.6 Å². The van der Waals surface area contributed by atoms with Gasteiger partial charge in [0.25, 0.3) is 0 Å². The van der Waals surface area contributed by atoms with Gasteiger partial charge >= 0.3 is 0 Å². The number of aryl methyl sites for hydroxylation is 2. The first-order chi connectivity index (χ1) is 10.1. The summed E-state index contributed by atoms with van der Waals surface area (Å²) in [6, 6.07) is 5.73. The van der Waals surface area contributed by atoms with Gasteiger partial charge in [0, 0.05) is 45.6 Å². The molecule has 0 bridgehead atoms. The van der Waals surface area contributed by atoms with Crippen LogP contribution in [0.25, 0.3) is 0 Å². The Morgan fingerprint density at radius 3 is 2.91 bits per heavy atom. The first kappa shape index (κ1) is 16.9. The highest BCUT2D eigenvalue weighted by molar-refractivity contribution is 5.85. The number of rotatable bonds is 3. The van der Waals surface area contributed by atoms with E-state index < -0.39 is 0 Å². The summed E-state index contributed by atoms with van der Waals surface area (Å²) >= 11 is 0. The van der Waals surface area contributed by atoms with E-state index in [1.165, 1.54) is 0 Å². The molecule has 4 nitrogen and oxygen atoms in total. The van der Waals surface area contributed by atoms with Crippen molar-refractivity contribution < 1.29 is 4.39 Å². The fraction of sp³-hybridized carbons (Fsp3) is 0.438. The smallest absolute Gasteiger partial charge is 0.127 e. The maximum absolute atomic E-state index is 13.7. The van der Waals surface area contributed by atoms with Crippen molar-refractivity contribution in [3.8, 4) is 0 Å². The van der Waals surface area contributed by atoms with Gasteiger partial charge in [-0.3, -0.25) is 4.90 Å². The van der Waals surface area contributed by atoms with Crippen molar-refractivity contribution in [1.29, 1.82) is 0 Å². The molecule has 1 aliphatic rings. The van der Waals surface area contributed by atoms with Gasteiger partial charge in [0.15, 0.2) is 0 Å². The predicted octanol–water partition coefficient (Wildman–Crippen LogP) is 2.44. The van der Waals surface area contributed by atoms with Crippen LogP contribution in [0.5, 0.6) is 0 Å². The predicted molar refractivity (Wildman–Crippen MR) is 87.6 cm³/mol. The molecule has 0 aliphatic carbocycles. The lowest BCUT2D eigenvalue weighted by Gasteiger charge is -2.35. The molecule has 120 valence electrons. The molecule has 1 atom stereocenters. The summed E-state index contributed by atoms with van der Waals surface area (Å²) in [5, 5.41) is 3.42. The summed E-state index contributed by atoms with van der Waals surface area (Å²) in [6.07, 6.45) is 3.79. The molecule has 3 rings (SSSR count). The van der Waals surface area contributed by atoms with Crippen LogP contribution in [-0.4, -0.2) is 34.1 Å². The Kier molecular flexibility index (Phi) is 5.56. The molecule has 0 saturated carbocycles. The topological polar surface area (TPSA) is 33.1 Å². The number of nitrogens with zero attached hydrogens (tertiary/aromatic N) is 3. The van der Waals surface area contributed by atoms with E-state index >= 15 is 0 Å². The van der Waals surface area contributed by atoms with Crippen LogP contribution in [0, 0.1) is 12.7 Å². The number of aromatic nitrogens is 2. The number of halogens is 2. The number of benzene rings is 1. The summed E-state index contributed by atoms with van der Waals surface area (Å²) in [5.41, 5.74) is 1.71. The van der Waals surface area contributed by atoms with Gasteiger partial charge in [0.2, 0.25) is 0 Å². The van der Waals surface area contributed by atoms with Crippen LogP contribution in [0.2, 0.25) is 0 Å². The van der Waals surface area contributed by atoms with Gasteiger partial charge in [-0.15, -0.1) is 12.4 Å². The minimum absolute atomic E-state index is 0. The average Bonchev–Trinajstić information content (AvgIpc) is 2.90. The normalized spacial score (nSPS) is 19.0. The molecule has 1 saturated heterocycles. The van der Waals surface area contributed by atoms with Crippen LogP contribution in [0.3, 0.4) is 0 Å². The Balaban J connectivity index is 0.00000176. The Morgan fingerprint density at radius 1 is 1.41 bits per heavy atom. The van der Waals surface area contributed by atoms with Crippen LogP contribution >= 0.6 is 12.4 Å². The molecule has 1 fully saturated rings. The molecule has 0 radical (unpaired) electrons. The van der Waals surface area contributed by atoms with Crippen molar-refractivity contribution in [2.24, 2.45) is 7.05 Å². The first-order valence-electron chi connectivity index (χ1n) is 7.32. The van der Waals surface area contributed by atoms with E-state index in [4.69, 9.17) is 0 Å². The zero-order chi connectivity index (χ0) is 14.8. The zero-order valence-electron chi connectivity index (χ0n) is 12.9. The van der Waals surface area contributed by atoms with Crippen molar-refractivity contribution in [1.82, 2.24) is 19.8 Å². The van der Waals surface area contributed by atoms with Crippen molar-refractivity contribution in [2.45, 2.75) is 19.5 Å². The van der Waals surface area contributed by atoms with Crippen LogP contribution in [-0.2, 0) is 13.6 Å². The van der Waals surface area contributed by atoms with E-state index in [0.717, 1.165) is 37.6 Å². The van der Waals surface area contributed by atoms with Crippen molar-refractivity contribution in [3.63, 3.8) is 0 Å². The van der Waals surface area contributed by atoms with E-state index in [-0.39, 0.29) is 24.3 Å². The first-order valence-corrected chi connectivity index (χ1v) is 7.32. The molecule has 6 heteroatoms. The highest BCUT2D eigenvalue weighted by atomic mass is 35.5. The second-order valence-corrected chi connectivity index (χ2v) is 5.67. The third-order valence-corrected chi connectivity index (χ3v) is 4.13. The van der Waals surface area contributed by atoms with Gasteiger partial charge in [0.1, 0.15) is 11.6 Å². The molecular formula is C16H22ClFN4. The molecule has 1 unspecified atom stereocenters. The summed E-state index contributed by atoms with van der Waals surface area (Å²) in [6.45, 7) is 5.30. The molecule has 1 aliphatic heterocycles. The molecule has 2 heterocycles. The number of nitrogens with one attached hydrogen (secondary N) is 1. The molecular weight excluding hydrogens is 303 g/mol. The van der Waals surface area contributed by atoms with Crippen LogP contribution < -0.4 is 5.32 Å². The Labute approximate surface area is 136 Å². The van der Waals surface area contributed by atoms with Gasteiger partial charge in [-0.1, -0.05) is 12.1 Å². The lowest BCUT2D eigenvalue weighted by atomic mass is 10.1. The second kappa shape index (κ2) is 7.22. The summed E-state index contributed by atoms with van der Waals surface area (Å²) in [7, 11) is 2.01. The molecule has 2 aromatic rings. The third kappa shape index (κ3) is 3.48. The standard InChI is InChI=1S/C16H21FN4.ClH/c1-12-3-4-13(9-14(12)17)11-21-8-5-18-10-15(21)16-19-6-7-20(16)2;/h3-4,6-7,9,15,18H,5,8,10-11H2,1-2H3;1H. The van der Waals surface area contributed by atoms with Crippen LogP contribution in [0.15, 0.2) is 30.6 Å². The van der Waals surface area contributed by atoms with Crippen LogP contribution in [0.4, 0.5) is 4.39 Å². The minimum atomic E-state index is -0.129. The van der Waals surface area contributed by atoms with Gasteiger partial charge in [-0.05, 0) is 24.1 Å². The Bertz CT molecular complexity index is 628. The van der Waals surface area contributed by atoms with Crippen molar-refractivity contribution >= 4 is 12.4 Å². The fourth-order valence-corrected chi connectivity index (χ4v) is 2.86. The zero-order valence-corrected chi connectivity index (χ0v) is 13.7. The molecule has 1 aromatic heterocycles. The molecule has 0 amide bonds. The summed E-state index contributed by atoms with van der Waals surface area (Å²) < 4.78 is 15.8. The van der Waals surface area contributed by atoms with Gasteiger partial charge in [0.05, 0.1) is 6.04 Å². The number of hydrogen-bond acceptors (Lipinski definition) is 3. The maximum atomic E-state index is 13.7. The fourth-order valence-electron chi connectivity index (χ4n) is 2.86. The molecule has 1 aromatic carbocycles. The molecule has 22 heavy (non-hydrogen) atoms. The van der Waals surface area contributed by atoms with Crippen molar-refractivity contribution in [3.05, 3.63) is 53.4 Å². The Hall–Kier alpha value is -1.43.